The maximum Gasteiger partial charge on any atom is 0.320 e. The molecular formula is C10H18N2O. The molecule has 1 rings (SSSR count). The molecule has 74 valence electrons. The van der Waals surface area contributed by atoms with Crippen LogP contribution < -0.4 is 0 Å². The summed E-state index contributed by atoms with van der Waals surface area (Å²) in [6.07, 6.45) is 2.14. The monoisotopic (exact) mass is 182 g/mol. The Morgan fingerprint density at radius 2 is 1.85 bits per heavy atom. The quantitative estimate of drug-likeness (QED) is 0.566. The van der Waals surface area contributed by atoms with Crippen molar-refractivity contribution in [3.63, 3.8) is 0 Å². The van der Waals surface area contributed by atoms with Crippen LogP contribution in [0.2, 0.25) is 0 Å². The summed E-state index contributed by atoms with van der Waals surface area (Å²) in [5.41, 5.74) is 1.26. The van der Waals surface area contributed by atoms with E-state index >= 15 is 0 Å². The highest BCUT2D eigenvalue weighted by Crippen LogP contribution is 2.21. The highest BCUT2D eigenvalue weighted by Gasteiger charge is 2.37. The van der Waals surface area contributed by atoms with E-state index in [4.69, 9.17) is 0 Å². The van der Waals surface area contributed by atoms with Crippen molar-refractivity contribution in [1.29, 1.82) is 0 Å². The molecule has 2 amide bonds. The van der Waals surface area contributed by atoms with E-state index in [1.165, 1.54) is 5.57 Å². The molecule has 3 heteroatoms. The standard InChI is InChI=1S/C10H18N2O/c1-7(2)6-9-8(3)11(4)10(13)12(9)5/h6,8-9H,1-5H3/t8-,9-/m0/s1. The molecule has 0 spiro atoms. The van der Waals surface area contributed by atoms with Gasteiger partial charge in [0.25, 0.3) is 0 Å². The Bertz CT molecular complexity index is 243. The summed E-state index contributed by atoms with van der Waals surface area (Å²) in [7, 11) is 3.70. The molecule has 1 fully saturated rings. The van der Waals surface area contributed by atoms with E-state index in [0.717, 1.165) is 0 Å². The van der Waals surface area contributed by atoms with Gasteiger partial charge in [0.05, 0.1) is 12.1 Å². The molecule has 3 nitrogen and oxygen atoms in total. The van der Waals surface area contributed by atoms with E-state index in [1.807, 2.05) is 14.1 Å². The van der Waals surface area contributed by atoms with Crippen LogP contribution in [0.15, 0.2) is 11.6 Å². The lowest BCUT2D eigenvalue weighted by atomic mass is 10.1. The fourth-order valence-corrected chi connectivity index (χ4v) is 1.70. The van der Waals surface area contributed by atoms with E-state index in [-0.39, 0.29) is 18.1 Å². The van der Waals surface area contributed by atoms with Crippen molar-refractivity contribution in [2.75, 3.05) is 14.1 Å². The molecule has 0 radical (unpaired) electrons. The maximum atomic E-state index is 11.5. The molecule has 0 aromatic rings. The minimum absolute atomic E-state index is 0.106. The van der Waals surface area contributed by atoms with Gasteiger partial charge in [0.15, 0.2) is 0 Å². The summed E-state index contributed by atoms with van der Waals surface area (Å²) >= 11 is 0. The molecule has 0 aromatic carbocycles. The molecule has 0 bridgehead atoms. The largest absolute Gasteiger partial charge is 0.323 e. The van der Waals surface area contributed by atoms with Crippen LogP contribution >= 0.6 is 0 Å². The lowest BCUT2D eigenvalue weighted by molar-refractivity contribution is 0.201. The Morgan fingerprint density at radius 1 is 1.31 bits per heavy atom. The van der Waals surface area contributed by atoms with Gasteiger partial charge in [0, 0.05) is 14.1 Å². The van der Waals surface area contributed by atoms with Crippen LogP contribution in [0.5, 0.6) is 0 Å². The van der Waals surface area contributed by atoms with Crippen molar-refractivity contribution in [2.24, 2.45) is 0 Å². The Morgan fingerprint density at radius 3 is 2.15 bits per heavy atom. The Labute approximate surface area is 80.0 Å². The average molecular weight is 182 g/mol. The highest BCUT2D eigenvalue weighted by molar-refractivity contribution is 5.77. The van der Waals surface area contributed by atoms with Gasteiger partial charge in [-0.1, -0.05) is 11.6 Å². The molecule has 0 unspecified atom stereocenters. The second-order valence-corrected chi connectivity index (χ2v) is 3.98. The minimum Gasteiger partial charge on any atom is -0.323 e. The van der Waals surface area contributed by atoms with Crippen molar-refractivity contribution in [1.82, 2.24) is 9.80 Å². The second-order valence-electron chi connectivity index (χ2n) is 3.98. The van der Waals surface area contributed by atoms with Gasteiger partial charge in [-0.2, -0.15) is 0 Å². The van der Waals surface area contributed by atoms with Crippen molar-refractivity contribution in [3.8, 4) is 0 Å². The maximum absolute atomic E-state index is 11.5. The zero-order chi connectivity index (χ0) is 10.2. The molecule has 1 aliphatic rings. The Hall–Kier alpha value is -0.990. The number of rotatable bonds is 1. The molecule has 0 aromatic heterocycles. The van der Waals surface area contributed by atoms with Crippen molar-refractivity contribution >= 4 is 6.03 Å². The van der Waals surface area contributed by atoms with Crippen LogP contribution in [-0.4, -0.2) is 42.0 Å². The highest BCUT2D eigenvalue weighted by atomic mass is 16.2. The van der Waals surface area contributed by atoms with Crippen LogP contribution in [0.25, 0.3) is 0 Å². The number of allylic oxidation sites excluding steroid dienone is 1. The molecule has 2 atom stereocenters. The first-order valence-corrected chi connectivity index (χ1v) is 4.59. The summed E-state index contributed by atoms with van der Waals surface area (Å²) in [5.74, 6) is 0. The van der Waals surface area contributed by atoms with Gasteiger partial charge < -0.3 is 9.80 Å². The third-order valence-corrected chi connectivity index (χ3v) is 2.66. The predicted octanol–water partition coefficient (Wildman–Crippen LogP) is 1.71. The van der Waals surface area contributed by atoms with Gasteiger partial charge in [-0.3, -0.25) is 0 Å². The molecule has 13 heavy (non-hydrogen) atoms. The smallest absolute Gasteiger partial charge is 0.320 e. The van der Waals surface area contributed by atoms with Gasteiger partial charge in [0.2, 0.25) is 0 Å². The average Bonchev–Trinajstić information content (AvgIpc) is 2.22. The fourth-order valence-electron chi connectivity index (χ4n) is 1.70. The van der Waals surface area contributed by atoms with Gasteiger partial charge in [-0.15, -0.1) is 0 Å². The third kappa shape index (κ3) is 1.69. The molecule has 1 saturated heterocycles. The number of urea groups is 1. The third-order valence-electron chi connectivity index (χ3n) is 2.66. The first kappa shape index (κ1) is 10.1. The zero-order valence-corrected chi connectivity index (χ0v) is 9.03. The van der Waals surface area contributed by atoms with Crippen LogP contribution in [-0.2, 0) is 0 Å². The summed E-state index contributed by atoms with van der Waals surface area (Å²) in [5, 5.41) is 0. The van der Waals surface area contributed by atoms with Crippen molar-refractivity contribution in [2.45, 2.75) is 32.9 Å². The van der Waals surface area contributed by atoms with E-state index in [1.54, 1.807) is 9.80 Å². The summed E-state index contributed by atoms with van der Waals surface area (Å²) < 4.78 is 0. The number of likely N-dealkylation sites (N-methyl/N-ethyl adjacent to an activating group) is 2. The molecule has 0 saturated carbocycles. The predicted molar refractivity (Wildman–Crippen MR) is 53.6 cm³/mol. The Balaban J connectivity index is 2.87. The molecular weight excluding hydrogens is 164 g/mol. The normalized spacial score (nSPS) is 28.2. The molecule has 1 heterocycles. The fraction of sp³-hybridized carbons (Fsp3) is 0.700. The van der Waals surface area contributed by atoms with Crippen LogP contribution in [0.1, 0.15) is 20.8 Å². The van der Waals surface area contributed by atoms with Crippen LogP contribution in [0, 0.1) is 0 Å². The summed E-state index contributed by atoms with van der Waals surface area (Å²) in [6, 6.07) is 0.602. The first-order chi connectivity index (χ1) is 5.95. The topological polar surface area (TPSA) is 23.6 Å². The van der Waals surface area contributed by atoms with Crippen molar-refractivity contribution < 1.29 is 4.79 Å². The number of amides is 2. The van der Waals surface area contributed by atoms with E-state index in [2.05, 4.69) is 26.8 Å². The molecule has 1 aliphatic heterocycles. The summed E-state index contributed by atoms with van der Waals surface area (Å²) in [6.45, 7) is 6.19. The number of hydrogen-bond acceptors (Lipinski definition) is 1. The minimum atomic E-state index is 0.106. The van der Waals surface area contributed by atoms with Crippen LogP contribution in [0.3, 0.4) is 0 Å². The SMILES string of the molecule is CC(C)=C[C@H]1[C@H](C)N(C)C(=O)N1C. The molecule has 0 N–H and O–H groups in total. The number of nitrogens with zero attached hydrogens (tertiary/aromatic N) is 2. The van der Waals surface area contributed by atoms with Gasteiger partial charge in [0.1, 0.15) is 0 Å². The van der Waals surface area contributed by atoms with E-state index in [0.29, 0.717) is 0 Å². The lowest BCUT2D eigenvalue weighted by Gasteiger charge is -2.18. The van der Waals surface area contributed by atoms with Gasteiger partial charge in [-0.05, 0) is 20.8 Å². The number of hydrogen-bond donors (Lipinski definition) is 0. The zero-order valence-electron chi connectivity index (χ0n) is 9.03. The second kappa shape index (κ2) is 3.40. The lowest BCUT2D eigenvalue weighted by Crippen LogP contribution is -2.30. The number of carbonyl (C=O) groups excluding carboxylic acids is 1. The Kier molecular flexibility index (Phi) is 2.64. The summed E-state index contributed by atoms with van der Waals surface area (Å²) in [4.78, 5) is 15.1. The van der Waals surface area contributed by atoms with E-state index < -0.39 is 0 Å². The number of carbonyl (C=O) groups is 1. The van der Waals surface area contributed by atoms with Crippen molar-refractivity contribution in [3.05, 3.63) is 11.6 Å². The molecule has 0 aliphatic carbocycles. The first-order valence-electron chi connectivity index (χ1n) is 4.59. The van der Waals surface area contributed by atoms with E-state index in [9.17, 15) is 4.79 Å². The van der Waals surface area contributed by atoms with Gasteiger partial charge >= 0.3 is 6.03 Å². The van der Waals surface area contributed by atoms with Crippen LogP contribution in [0.4, 0.5) is 4.79 Å². The van der Waals surface area contributed by atoms with Gasteiger partial charge in [-0.25, -0.2) is 4.79 Å².